The molecule has 3 nitrogen and oxygen atoms in total. The molecule has 0 unspecified atom stereocenters. The van der Waals surface area contributed by atoms with Crippen molar-refractivity contribution in [3.63, 3.8) is 0 Å². The average molecular weight is 319 g/mol. The lowest BCUT2D eigenvalue weighted by molar-refractivity contribution is -0.137. The summed E-state index contributed by atoms with van der Waals surface area (Å²) >= 11 is 3.13. The van der Waals surface area contributed by atoms with Gasteiger partial charge in [0.25, 0.3) is 0 Å². The summed E-state index contributed by atoms with van der Waals surface area (Å²) in [6.45, 7) is 0. The largest absolute Gasteiger partial charge is 0.439 e. The topological polar surface area (TPSA) is 35.0 Å². The second-order valence-electron chi connectivity index (χ2n) is 3.30. The number of hydrogen-bond donors (Lipinski definition) is 0. The molecule has 0 aliphatic rings. The molecule has 0 N–H and O–H groups in total. The molecule has 0 radical (unpaired) electrons. The van der Waals surface area contributed by atoms with Crippen LogP contribution in [-0.2, 0) is 6.18 Å². The molecule has 0 spiro atoms. The van der Waals surface area contributed by atoms with Gasteiger partial charge in [0.1, 0.15) is 16.7 Å². The van der Waals surface area contributed by atoms with Crippen molar-refractivity contribution in [3.05, 3.63) is 46.8 Å². The highest BCUT2D eigenvalue weighted by Gasteiger charge is 2.30. The van der Waals surface area contributed by atoms with Crippen LogP contribution in [0.4, 0.5) is 13.2 Å². The van der Waals surface area contributed by atoms with E-state index in [4.69, 9.17) is 4.74 Å². The molecule has 94 valence electrons. The summed E-state index contributed by atoms with van der Waals surface area (Å²) in [4.78, 5) is 7.63. The monoisotopic (exact) mass is 318 g/mol. The van der Waals surface area contributed by atoms with Crippen molar-refractivity contribution in [1.29, 1.82) is 0 Å². The van der Waals surface area contributed by atoms with Gasteiger partial charge in [-0.3, -0.25) is 0 Å². The lowest BCUT2D eigenvalue weighted by Gasteiger charge is -2.08. The Bertz CT molecular complexity index is 543. The highest BCUT2D eigenvalue weighted by Crippen LogP contribution is 2.31. The van der Waals surface area contributed by atoms with Crippen LogP contribution in [0.25, 0.3) is 0 Å². The fraction of sp³-hybridized carbons (Fsp3) is 0.0909. The van der Waals surface area contributed by atoms with E-state index in [1.54, 1.807) is 0 Å². The first-order chi connectivity index (χ1) is 8.45. The fourth-order valence-electron chi connectivity index (χ4n) is 1.21. The first kappa shape index (κ1) is 12.8. The fourth-order valence-corrected chi connectivity index (χ4v) is 1.49. The number of halogens is 4. The SMILES string of the molecule is FC(F)(F)c1ccc(Oc2cc(Br)ncn2)cc1. The van der Waals surface area contributed by atoms with E-state index in [0.29, 0.717) is 4.60 Å². The van der Waals surface area contributed by atoms with E-state index in [9.17, 15) is 13.2 Å². The average Bonchev–Trinajstić information content (AvgIpc) is 2.28. The van der Waals surface area contributed by atoms with Gasteiger partial charge in [0, 0.05) is 6.07 Å². The van der Waals surface area contributed by atoms with Gasteiger partial charge in [-0.15, -0.1) is 0 Å². The number of rotatable bonds is 2. The number of alkyl halides is 3. The molecule has 0 aliphatic carbocycles. The maximum Gasteiger partial charge on any atom is 0.416 e. The number of ether oxygens (including phenoxy) is 1. The Morgan fingerprint density at radius 1 is 1.06 bits per heavy atom. The van der Waals surface area contributed by atoms with Crippen LogP contribution in [0, 0.1) is 0 Å². The van der Waals surface area contributed by atoms with Gasteiger partial charge in [-0.1, -0.05) is 0 Å². The van der Waals surface area contributed by atoms with Crippen LogP contribution < -0.4 is 4.74 Å². The summed E-state index contributed by atoms with van der Waals surface area (Å²) in [6.07, 6.45) is -3.07. The molecule has 1 aromatic carbocycles. The molecule has 18 heavy (non-hydrogen) atoms. The minimum atomic E-state index is -4.35. The van der Waals surface area contributed by atoms with Crippen molar-refractivity contribution < 1.29 is 17.9 Å². The van der Waals surface area contributed by atoms with Gasteiger partial charge in [-0.05, 0) is 40.2 Å². The summed E-state index contributed by atoms with van der Waals surface area (Å²) in [5.41, 5.74) is -0.723. The zero-order valence-corrected chi connectivity index (χ0v) is 10.4. The normalized spacial score (nSPS) is 11.3. The van der Waals surface area contributed by atoms with E-state index in [1.165, 1.54) is 24.5 Å². The van der Waals surface area contributed by atoms with Crippen LogP contribution in [0.15, 0.2) is 41.3 Å². The van der Waals surface area contributed by atoms with Gasteiger partial charge in [-0.2, -0.15) is 13.2 Å². The van der Waals surface area contributed by atoms with Crippen molar-refractivity contribution in [1.82, 2.24) is 9.97 Å². The molecule has 0 fully saturated rings. The van der Waals surface area contributed by atoms with Crippen LogP contribution in [0.5, 0.6) is 11.6 Å². The minimum Gasteiger partial charge on any atom is -0.439 e. The van der Waals surface area contributed by atoms with Crippen molar-refractivity contribution in [2.45, 2.75) is 6.18 Å². The lowest BCUT2D eigenvalue weighted by atomic mass is 10.2. The molecule has 0 bridgehead atoms. The van der Waals surface area contributed by atoms with Crippen LogP contribution in [0.1, 0.15) is 5.56 Å². The Labute approximate surface area is 109 Å². The Balaban J connectivity index is 2.16. The minimum absolute atomic E-state index is 0.247. The van der Waals surface area contributed by atoms with Gasteiger partial charge in [-0.25, -0.2) is 9.97 Å². The number of benzene rings is 1. The van der Waals surface area contributed by atoms with Gasteiger partial charge in [0.05, 0.1) is 5.56 Å². The van der Waals surface area contributed by atoms with Gasteiger partial charge in [0.15, 0.2) is 0 Å². The molecule has 1 heterocycles. The van der Waals surface area contributed by atoms with Crippen molar-refractivity contribution >= 4 is 15.9 Å². The Kier molecular flexibility index (Phi) is 3.51. The van der Waals surface area contributed by atoms with E-state index in [0.717, 1.165) is 12.1 Å². The first-order valence-corrected chi connectivity index (χ1v) is 5.57. The van der Waals surface area contributed by atoms with Gasteiger partial charge in [0.2, 0.25) is 5.88 Å². The molecule has 0 saturated carbocycles. The van der Waals surface area contributed by atoms with Gasteiger partial charge < -0.3 is 4.74 Å². The zero-order valence-electron chi connectivity index (χ0n) is 8.78. The molecule has 0 atom stereocenters. The summed E-state index contributed by atoms with van der Waals surface area (Å²) in [7, 11) is 0. The van der Waals surface area contributed by atoms with Crippen LogP contribution in [0.3, 0.4) is 0 Å². The van der Waals surface area contributed by atoms with Crippen LogP contribution in [0.2, 0.25) is 0 Å². The summed E-state index contributed by atoms with van der Waals surface area (Å²) < 4.78 is 42.8. The van der Waals surface area contributed by atoms with Crippen molar-refractivity contribution in [2.75, 3.05) is 0 Å². The van der Waals surface area contributed by atoms with Gasteiger partial charge >= 0.3 is 6.18 Å². The summed E-state index contributed by atoms with van der Waals surface area (Å²) in [6, 6.07) is 5.88. The molecular weight excluding hydrogens is 313 g/mol. The number of hydrogen-bond acceptors (Lipinski definition) is 3. The maximum absolute atomic E-state index is 12.3. The molecule has 0 amide bonds. The quantitative estimate of drug-likeness (QED) is 0.783. The Morgan fingerprint density at radius 3 is 2.28 bits per heavy atom. The second kappa shape index (κ2) is 4.93. The summed E-state index contributed by atoms with van der Waals surface area (Å²) in [5.74, 6) is 0.519. The first-order valence-electron chi connectivity index (χ1n) is 4.78. The third-order valence-electron chi connectivity index (χ3n) is 2.01. The summed E-state index contributed by atoms with van der Waals surface area (Å²) in [5, 5.41) is 0. The molecule has 2 aromatic rings. The molecule has 2 rings (SSSR count). The Hall–Kier alpha value is -1.63. The molecule has 0 aliphatic heterocycles. The van der Waals surface area contributed by atoms with Crippen molar-refractivity contribution in [3.8, 4) is 11.6 Å². The smallest absolute Gasteiger partial charge is 0.416 e. The lowest BCUT2D eigenvalue weighted by Crippen LogP contribution is -2.04. The van der Waals surface area contributed by atoms with Crippen molar-refractivity contribution in [2.24, 2.45) is 0 Å². The third-order valence-corrected chi connectivity index (χ3v) is 2.45. The zero-order chi connectivity index (χ0) is 13.2. The number of nitrogens with zero attached hydrogens (tertiary/aromatic N) is 2. The second-order valence-corrected chi connectivity index (χ2v) is 4.12. The van der Waals surface area contributed by atoms with Crippen LogP contribution >= 0.6 is 15.9 Å². The van der Waals surface area contributed by atoms with E-state index in [1.807, 2.05) is 0 Å². The predicted molar refractivity (Wildman–Crippen MR) is 61.3 cm³/mol. The maximum atomic E-state index is 12.3. The van der Waals surface area contributed by atoms with Crippen LogP contribution in [-0.4, -0.2) is 9.97 Å². The molecule has 0 saturated heterocycles. The molecule has 1 aromatic heterocycles. The standard InChI is InChI=1S/C11H6BrF3N2O/c12-9-5-10(17-6-16-9)18-8-3-1-7(2-4-8)11(13,14)15/h1-6H. The third kappa shape index (κ3) is 3.19. The van der Waals surface area contributed by atoms with E-state index in [-0.39, 0.29) is 11.6 Å². The van der Waals surface area contributed by atoms with E-state index >= 15 is 0 Å². The Morgan fingerprint density at radius 2 is 1.72 bits per heavy atom. The molecule has 7 heteroatoms. The predicted octanol–water partition coefficient (Wildman–Crippen LogP) is 4.05. The number of aromatic nitrogens is 2. The van der Waals surface area contributed by atoms with E-state index in [2.05, 4.69) is 25.9 Å². The van der Waals surface area contributed by atoms with E-state index < -0.39 is 11.7 Å². The highest BCUT2D eigenvalue weighted by molar-refractivity contribution is 9.10. The molecular formula is C11H6BrF3N2O. The highest BCUT2D eigenvalue weighted by atomic mass is 79.9.